The Bertz CT molecular complexity index is 349. The molecule has 0 atom stereocenters. The van der Waals surface area contributed by atoms with Crippen molar-refractivity contribution in [1.29, 1.82) is 0 Å². The number of furan rings is 1. The van der Waals surface area contributed by atoms with Crippen molar-refractivity contribution < 1.29 is 19.1 Å². The van der Waals surface area contributed by atoms with Gasteiger partial charge >= 0.3 is 5.97 Å². The van der Waals surface area contributed by atoms with Crippen LogP contribution in [0.15, 0.2) is 16.5 Å². The first-order valence-electron chi connectivity index (χ1n) is 4.49. The van der Waals surface area contributed by atoms with E-state index in [9.17, 15) is 4.79 Å². The fourth-order valence-corrected chi connectivity index (χ4v) is 1.56. The van der Waals surface area contributed by atoms with Crippen molar-refractivity contribution in [3.8, 4) is 0 Å². The summed E-state index contributed by atoms with van der Waals surface area (Å²) in [5, 5.41) is 9.03. The highest BCUT2D eigenvalue weighted by atomic mass is 16.5. The SMILES string of the molecule is Cc1ccc(CC2(C(=O)O)COC2)o1. The zero-order valence-electron chi connectivity index (χ0n) is 7.95. The largest absolute Gasteiger partial charge is 0.481 e. The van der Waals surface area contributed by atoms with E-state index in [1.165, 1.54) is 0 Å². The molecular weight excluding hydrogens is 184 g/mol. The summed E-state index contributed by atoms with van der Waals surface area (Å²) in [5.74, 6) is 0.715. The molecule has 0 amide bonds. The van der Waals surface area contributed by atoms with Crippen LogP contribution in [-0.4, -0.2) is 24.3 Å². The first-order valence-corrected chi connectivity index (χ1v) is 4.49. The number of aliphatic carboxylic acids is 1. The van der Waals surface area contributed by atoms with Gasteiger partial charge in [0.2, 0.25) is 0 Å². The third kappa shape index (κ3) is 1.42. The van der Waals surface area contributed by atoms with Crippen molar-refractivity contribution in [2.45, 2.75) is 13.3 Å². The summed E-state index contributed by atoms with van der Waals surface area (Å²) < 4.78 is 10.3. The van der Waals surface area contributed by atoms with Crippen LogP contribution in [0.25, 0.3) is 0 Å². The van der Waals surface area contributed by atoms with Gasteiger partial charge in [0.15, 0.2) is 0 Å². The predicted octanol–water partition coefficient (Wildman–Crippen LogP) is 1.23. The minimum atomic E-state index is -0.808. The maximum absolute atomic E-state index is 11.0. The maximum atomic E-state index is 11.0. The average Bonchev–Trinajstić information content (AvgIpc) is 2.43. The lowest BCUT2D eigenvalue weighted by molar-refractivity contribution is -0.180. The van der Waals surface area contributed by atoms with Crippen molar-refractivity contribution >= 4 is 5.97 Å². The van der Waals surface area contributed by atoms with Gasteiger partial charge in [0.25, 0.3) is 0 Å². The predicted molar refractivity (Wildman–Crippen MR) is 48.0 cm³/mol. The van der Waals surface area contributed by atoms with Crippen molar-refractivity contribution in [3.05, 3.63) is 23.7 Å². The van der Waals surface area contributed by atoms with Crippen LogP contribution in [0.5, 0.6) is 0 Å². The van der Waals surface area contributed by atoms with E-state index in [0.717, 1.165) is 5.76 Å². The molecule has 0 bridgehead atoms. The number of hydrogen-bond acceptors (Lipinski definition) is 3. The molecule has 1 aliphatic heterocycles. The molecule has 2 rings (SSSR count). The first-order chi connectivity index (χ1) is 6.62. The zero-order valence-corrected chi connectivity index (χ0v) is 7.95. The Morgan fingerprint density at radius 3 is 2.64 bits per heavy atom. The Morgan fingerprint density at radius 1 is 1.57 bits per heavy atom. The number of carboxylic acids is 1. The summed E-state index contributed by atoms with van der Waals surface area (Å²) in [5.41, 5.74) is -0.760. The van der Waals surface area contributed by atoms with Crippen molar-refractivity contribution in [2.24, 2.45) is 5.41 Å². The zero-order chi connectivity index (χ0) is 10.2. The number of ether oxygens (including phenoxy) is 1. The van der Waals surface area contributed by atoms with Gasteiger partial charge in [0.1, 0.15) is 16.9 Å². The van der Waals surface area contributed by atoms with E-state index in [-0.39, 0.29) is 13.2 Å². The fourth-order valence-electron chi connectivity index (χ4n) is 1.56. The van der Waals surface area contributed by atoms with Gasteiger partial charge < -0.3 is 14.3 Å². The molecule has 0 spiro atoms. The maximum Gasteiger partial charge on any atom is 0.314 e. The highest BCUT2D eigenvalue weighted by Gasteiger charge is 2.46. The third-order valence-corrected chi connectivity index (χ3v) is 2.52. The molecule has 0 unspecified atom stereocenters. The standard InChI is InChI=1S/C10H12O4/c1-7-2-3-8(14-7)4-10(9(11)12)5-13-6-10/h2-3H,4-6H2,1H3,(H,11,12). The molecule has 1 aromatic rings. The molecule has 0 aliphatic carbocycles. The molecule has 1 N–H and O–H groups in total. The Morgan fingerprint density at radius 2 is 2.29 bits per heavy atom. The molecule has 14 heavy (non-hydrogen) atoms. The van der Waals surface area contributed by atoms with Crippen LogP contribution in [0.2, 0.25) is 0 Å². The van der Waals surface area contributed by atoms with Crippen molar-refractivity contribution in [3.63, 3.8) is 0 Å². The second kappa shape index (κ2) is 3.13. The van der Waals surface area contributed by atoms with Crippen LogP contribution < -0.4 is 0 Å². The number of carboxylic acid groups (broad SMARTS) is 1. The molecule has 1 aliphatic rings. The molecule has 1 saturated heterocycles. The summed E-state index contributed by atoms with van der Waals surface area (Å²) in [4.78, 5) is 11.0. The lowest BCUT2D eigenvalue weighted by Crippen LogP contribution is -2.50. The normalized spacial score (nSPS) is 18.9. The highest BCUT2D eigenvalue weighted by molar-refractivity contribution is 5.76. The van der Waals surface area contributed by atoms with Gasteiger partial charge in [-0.15, -0.1) is 0 Å². The second-order valence-electron chi connectivity index (χ2n) is 3.77. The fraction of sp³-hybridized carbons (Fsp3) is 0.500. The molecule has 0 saturated carbocycles. The Hall–Kier alpha value is -1.29. The van der Waals surface area contributed by atoms with E-state index in [4.69, 9.17) is 14.3 Å². The first kappa shape index (κ1) is 9.27. The van der Waals surface area contributed by atoms with Gasteiger partial charge in [-0.25, -0.2) is 0 Å². The van der Waals surface area contributed by atoms with Crippen LogP contribution in [-0.2, 0) is 16.0 Å². The van der Waals surface area contributed by atoms with Crippen LogP contribution >= 0.6 is 0 Å². The summed E-state index contributed by atoms with van der Waals surface area (Å²) in [6.07, 6.45) is 0.413. The van der Waals surface area contributed by atoms with Gasteiger partial charge in [-0.05, 0) is 19.1 Å². The number of aryl methyl sites for hydroxylation is 1. The van der Waals surface area contributed by atoms with E-state index < -0.39 is 11.4 Å². The van der Waals surface area contributed by atoms with E-state index >= 15 is 0 Å². The molecule has 0 radical (unpaired) electrons. The molecule has 1 aromatic heterocycles. The number of rotatable bonds is 3. The summed E-state index contributed by atoms with van der Waals surface area (Å²) in [7, 11) is 0. The van der Waals surface area contributed by atoms with Gasteiger partial charge in [-0.2, -0.15) is 0 Å². The van der Waals surface area contributed by atoms with E-state index in [1.807, 2.05) is 19.1 Å². The lowest BCUT2D eigenvalue weighted by atomic mass is 9.82. The van der Waals surface area contributed by atoms with Crippen LogP contribution in [0.3, 0.4) is 0 Å². The summed E-state index contributed by atoms with van der Waals surface area (Å²) >= 11 is 0. The molecule has 4 heteroatoms. The van der Waals surface area contributed by atoms with Crippen LogP contribution in [0.1, 0.15) is 11.5 Å². The van der Waals surface area contributed by atoms with Gasteiger partial charge in [0.05, 0.1) is 13.2 Å². The molecule has 1 fully saturated rings. The summed E-state index contributed by atoms with van der Waals surface area (Å²) in [6, 6.07) is 3.66. The lowest BCUT2D eigenvalue weighted by Gasteiger charge is -2.36. The topological polar surface area (TPSA) is 59.7 Å². The average molecular weight is 196 g/mol. The minimum absolute atomic E-state index is 0.280. The smallest absolute Gasteiger partial charge is 0.314 e. The van der Waals surface area contributed by atoms with E-state index in [2.05, 4.69) is 0 Å². The van der Waals surface area contributed by atoms with Crippen LogP contribution in [0.4, 0.5) is 0 Å². The molecule has 4 nitrogen and oxygen atoms in total. The minimum Gasteiger partial charge on any atom is -0.481 e. The van der Waals surface area contributed by atoms with E-state index in [1.54, 1.807) is 0 Å². The highest BCUT2D eigenvalue weighted by Crippen LogP contribution is 2.32. The van der Waals surface area contributed by atoms with Gasteiger partial charge in [-0.3, -0.25) is 4.79 Å². The quantitative estimate of drug-likeness (QED) is 0.789. The van der Waals surface area contributed by atoms with E-state index in [0.29, 0.717) is 12.2 Å². The monoisotopic (exact) mass is 196 g/mol. The molecule has 76 valence electrons. The Balaban J connectivity index is 2.12. The number of carbonyl (C=O) groups is 1. The van der Waals surface area contributed by atoms with Crippen molar-refractivity contribution in [1.82, 2.24) is 0 Å². The van der Waals surface area contributed by atoms with Crippen molar-refractivity contribution in [2.75, 3.05) is 13.2 Å². The Labute approximate surface area is 81.5 Å². The second-order valence-corrected chi connectivity index (χ2v) is 3.77. The molecular formula is C10H12O4. The molecule has 0 aromatic carbocycles. The Kier molecular flexibility index (Phi) is 2.07. The van der Waals surface area contributed by atoms with Gasteiger partial charge in [-0.1, -0.05) is 0 Å². The molecule has 2 heterocycles. The summed E-state index contributed by atoms with van der Waals surface area (Å²) in [6.45, 7) is 2.40. The third-order valence-electron chi connectivity index (χ3n) is 2.52. The number of hydrogen-bond donors (Lipinski definition) is 1. The van der Waals surface area contributed by atoms with Crippen LogP contribution in [0, 0.1) is 12.3 Å². The van der Waals surface area contributed by atoms with Gasteiger partial charge in [0, 0.05) is 6.42 Å².